The first kappa shape index (κ1) is 18.4. The molecule has 1 amide bonds. The van der Waals surface area contributed by atoms with Crippen LogP contribution in [-0.2, 0) is 11.2 Å². The second-order valence-electron chi connectivity index (χ2n) is 8.07. The van der Waals surface area contributed by atoms with Crippen molar-refractivity contribution >= 4 is 11.7 Å². The first-order valence-corrected chi connectivity index (χ1v) is 9.16. The number of nitriles is 1. The standard InChI is InChI=1S/C21H25FN2O2/c1-21(2,3)26-20(25)24-17-5-4-6-18(24)12-15(11-17)19-13-16(22)8-7-14(19)9-10-23/h7-8,11,13,17-18H,4-6,9,12H2,1-3H3. The second-order valence-corrected chi connectivity index (χ2v) is 8.07. The third-order valence-electron chi connectivity index (χ3n) is 4.93. The van der Waals surface area contributed by atoms with Gasteiger partial charge in [0.25, 0.3) is 0 Å². The van der Waals surface area contributed by atoms with Gasteiger partial charge in [-0.15, -0.1) is 0 Å². The third-order valence-corrected chi connectivity index (χ3v) is 4.93. The normalized spacial score (nSPS) is 22.4. The highest BCUT2D eigenvalue weighted by atomic mass is 19.1. The summed E-state index contributed by atoms with van der Waals surface area (Å²) < 4.78 is 19.4. The van der Waals surface area contributed by atoms with Crippen molar-refractivity contribution in [2.45, 2.75) is 70.6 Å². The molecule has 3 rings (SSSR count). The van der Waals surface area contributed by atoms with E-state index in [1.165, 1.54) is 12.1 Å². The molecule has 138 valence electrons. The number of piperidine rings is 1. The highest BCUT2D eigenvalue weighted by molar-refractivity contribution is 5.76. The molecule has 2 unspecified atom stereocenters. The molecule has 1 saturated heterocycles. The van der Waals surface area contributed by atoms with E-state index in [4.69, 9.17) is 10.00 Å². The topological polar surface area (TPSA) is 53.3 Å². The molecule has 2 aliphatic rings. The number of carbonyl (C=O) groups excluding carboxylic acids is 1. The zero-order valence-electron chi connectivity index (χ0n) is 15.6. The van der Waals surface area contributed by atoms with E-state index in [0.717, 1.165) is 36.0 Å². The van der Waals surface area contributed by atoms with Crippen LogP contribution >= 0.6 is 0 Å². The molecule has 2 aliphatic heterocycles. The van der Waals surface area contributed by atoms with Crippen LogP contribution in [0.15, 0.2) is 24.3 Å². The lowest BCUT2D eigenvalue weighted by atomic mass is 9.81. The molecule has 5 heteroatoms. The van der Waals surface area contributed by atoms with Crippen LogP contribution in [0.25, 0.3) is 5.57 Å². The zero-order chi connectivity index (χ0) is 18.9. The van der Waals surface area contributed by atoms with Gasteiger partial charge in [-0.1, -0.05) is 12.1 Å². The molecule has 0 aromatic heterocycles. The number of benzene rings is 1. The quantitative estimate of drug-likeness (QED) is 0.762. The minimum atomic E-state index is -0.530. The van der Waals surface area contributed by atoms with Crippen LogP contribution in [0.5, 0.6) is 0 Å². The Balaban J connectivity index is 1.93. The molecule has 0 N–H and O–H groups in total. The minimum absolute atomic E-state index is 0.0365. The van der Waals surface area contributed by atoms with Crippen LogP contribution in [0.3, 0.4) is 0 Å². The molecule has 1 fully saturated rings. The Hall–Kier alpha value is -2.35. The molecule has 26 heavy (non-hydrogen) atoms. The van der Waals surface area contributed by atoms with Gasteiger partial charge in [0.05, 0.1) is 18.5 Å². The Morgan fingerprint density at radius 2 is 2.15 bits per heavy atom. The van der Waals surface area contributed by atoms with Gasteiger partial charge in [-0.25, -0.2) is 9.18 Å². The average molecular weight is 356 g/mol. The average Bonchev–Trinajstić information content (AvgIpc) is 2.54. The summed E-state index contributed by atoms with van der Waals surface area (Å²) in [5.41, 5.74) is 2.14. The van der Waals surface area contributed by atoms with E-state index in [9.17, 15) is 9.18 Å². The number of ether oxygens (including phenoxy) is 1. The highest BCUT2D eigenvalue weighted by Gasteiger charge is 2.39. The van der Waals surface area contributed by atoms with Gasteiger partial charge >= 0.3 is 6.09 Å². The summed E-state index contributed by atoms with van der Waals surface area (Å²) in [6, 6.07) is 6.77. The Morgan fingerprint density at radius 1 is 1.38 bits per heavy atom. The maximum absolute atomic E-state index is 13.8. The predicted octanol–water partition coefficient (Wildman–Crippen LogP) is 4.84. The van der Waals surface area contributed by atoms with Crippen molar-refractivity contribution in [3.8, 4) is 6.07 Å². The van der Waals surface area contributed by atoms with E-state index in [0.29, 0.717) is 6.42 Å². The number of nitrogens with zero attached hydrogens (tertiary/aromatic N) is 2. The summed E-state index contributed by atoms with van der Waals surface area (Å²) in [7, 11) is 0. The Labute approximate surface area is 154 Å². The molecule has 2 bridgehead atoms. The Kier molecular flexibility index (Phi) is 5.04. The third kappa shape index (κ3) is 3.90. The SMILES string of the molecule is CC(C)(C)OC(=O)N1C2C=C(c3cc(F)ccc3CC#N)CC1CCC2. The fourth-order valence-electron chi connectivity index (χ4n) is 3.92. The highest BCUT2D eigenvalue weighted by Crippen LogP contribution is 2.39. The monoisotopic (exact) mass is 356 g/mol. The summed E-state index contributed by atoms with van der Waals surface area (Å²) in [5.74, 6) is -0.303. The largest absolute Gasteiger partial charge is 0.444 e. The molecule has 0 radical (unpaired) electrons. The molecular weight excluding hydrogens is 331 g/mol. The summed E-state index contributed by atoms with van der Waals surface area (Å²) >= 11 is 0. The fraction of sp³-hybridized carbons (Fsp3) is 0.524. The molecule has 0 saturated carbocycles. The molecule has 0 aliphatic carbocycles. The molecule has 1 aromatic rings. The number of halogens is 1. The van der Waals surface area contributed by atoms with Gasteiger partial charge in [0.1, 0.15) is 11.4 Å². The van der Waals surface area contributed by atoms with E-state index < -0.39 is 5.60 Å². The molecular formula is C21H25FN2O2. The Bertz CT molecular complexity index is 773. The number of hydrogen-bond acceptors (Lipinski definition) is 3. The zero-order valence-corrected chi connectivity index (χ0v) is 15.6. The first-order chi connectivity index (χ1) is 12.3. The second kappa shape index (κ2) is 7.11. The van der Waals surface area contributed by atoms with Crippen molar-refractivity contribution in [3.63, 3.8) is 0 Å². The van der Waals surface area contributed by atoms with Crippen molar-refractivity contribution < 1.29 is 13.9 Å². The van der Waals surface area contributed by atoms with Gasteiger partial charge < -0.3 is 4.74 Å². The smallest absolute Gasteiger partial charge is 0.411 e. The first-order valence-electron chi connectivity index (χ1n) is 9.16. The number of rotatable bonds is 2. The van der Waals surface area contributed by atoms with Gasteiger partial charge in [0.15, 0.2) is 0 Å². The molecule has 0 spiro atoms. The van der Waals surface area contributed by atoms with Gasteiger partial charge in [-0.3, -0.25) is 4.90 Å². The fourth-order valence-corrected chi connectivity index (χ4v) is 3.92. The summed E-state index contributed by atoms with van der Waals surface area (Å²) in [5, 5.41) is 9.06. The van der Waals surface area contributed by atoms with Gasteiger partial charge in [0.2, 0.25) is 0 Å². The number of hydrogen-bond donors (Lipinski definition) is 0. The van der Waals surface area contributed by atoms with Crippen molar-refractivity contribution in [2.24, 2.45) is 0 Å². The minimum Gasteiger partial charge on any atom is -0.444 e. The van der Waals surface area contributed by atoms with E-state index >= 15 is 0 Å². The summed E-state index contributed by atoms with van der Waals surface area (Å²) in [4.78, 5) is 14.5. The van der Waals surface area contributed by atoms with Gasteiger partial charge in [0, 0.05) is 6.04 Å². The molecule has 4 nitrogen and oxygen atoms in total. The predicted molar refractivity (Wildman–Crippen MR) is 97.8 cm³/mol. The van der Waals surface area contributed by atoms with E-state index in [2.05, 4.69) is 12.1 Å². The van der Waals surface area contributed by atoms with E-state index in [1.807, 2.05) is 25.7 Å². The Morgan fingerprint density at radius 3 is 2.81 bits per heavy atom. The van der Waals surface area contributed by atoms with Crippen LogP contribution < -0.4 is 0 Å². The number of fused-ring (bicyclic) bond motifs is 2. The molecule has 1 aromatic carbocycles. The number of amides is 1. The van der Waals surface area contributed by atoms with Crippen molar-refractivity contribution in [1.29, 1.82) is 5.26 Å². The lowest BCUT2D eigenvalue weighted by Gasteiger charge is -2.45. The molecule has 2 atom stereocenters. The van der Waals surface area contributed by atoms with Crippen LogP contribution in [0.1, 0.15) is 57.6 Å². The van der Waals surface area contributed by atoms with Gasteiger partial charge in [-0.05, 0) is 75.3 Å². The summed E-state index contributed by atoms with van der Waals surface area (Å²) in [6.07, 6.45) is 5.55. The maximum atomic E-state index is 13.8. The van der Waals surface area contributed by atoms with E-state index in [1.54, 1.807) is 6.07 Å². The van der Waals surface area contributed by atoms with Crippen molar-refractivity contribution in [1.82, 2.24) is 4.90 Å². The lowest BCUT2D eigenvalue weighted by Crippen LogP contribution is -2.53. The molecule has 2 heterocycles. The van der Waals surface area contributed by atoms with Crippen LogP contribution in [-0.4, -0.2) is 28.7 Å². The van der Waals surface area contributed by atoms with E-state index in [-0.39, 0.29) is 30.4 Å². The maximum Gasteiger partial charge on any atom is 0.411 e. The summed E-state index contributed by atoms with van der Waals surface area (Å²) in [6.45, 7) is 5.60. The van der Waals surface area contributed by atoms with Crippen molar-refractivity contribution in [2.75, 3.05) is 0 Å². The van der Waals surface area contributed by atoms with Crippen LogP contribution in [0.4, 0.5) is 9.18 Å². The number of carbonyl (C=O) groups is 1. The van der Waals surface area contributed by atoms with Gasteiger partial charge in [-0.2, -0.15) is 5.26 Å². The lowest BCUT2D eigenvalue weighted by molar-refractivity contribution is 0.0000811. The van der Waals surface area contributed by atoms with Crippen LogP contribution in [0, 0.1) is 17.1 Å². The van der Waals surface area contributed by atoms with Crippen molar-refractivity contribution in [3.05, 3.63) is 41.2 Å². The van der Waals surface area contributed by atoms with Crippen LogP contribution in [0.2, 0.25) is 0 Å².